The molecule has 1 aliphatic carbocycles. The minimum absolute atomic E-state index is 0.808. The summed E-state index contributed by atoms with van der Waals surface area (Å²) in [6.45, 7) is 2.28. The summed E-state index contributed by atoms with van der Waals surface area (Å²) in [6.07, 6.45) is 7.04. The number of alkyl halides is 1. The van der Waals surface area contributed by atoms with Crippen LogP contribution in [0.5, 0.6) is 0 Å². The van der Waals surface area contributed by atoms with Gasteiger partial charge in [0.15, 0.2) is 0 Å². The van der Waals surface area contributed by atoms with Crippen molar-refractivity contribution >= 4 is 43.2 Å². The zero-order valence-electron chi connectivity index (χ0n) is 10.0. The van der Waals surface area contributed by atoms with E-state index in [1.165, 1.54) is 47.3 Å². The number of nitrogens with zero attached hydrogens (tertiary/aromatic N) is 1. The first-order chi connectivity index (χ1) is 8.29. The molecule has 1 nitrogen and oxygen atoms in total. The van der Waals surface area contributed by atoms with E-state index in [0.717, 1.165) is 17.9 Å². The molecular formula is C13H19Br2NS. The van der Waals surface area contributed by atoms with E-state index < -0.39 is 0 Å². The maximum atomic E-state index is 3.59. The fourth-order valence-electron chi connectivity index (χ4n) is 2.58. The Morgan fingerprint density at radius 2 is 2.00 bits per heavy atom. The van der Waals surface area contributed by atoms with Crippen LogP contribution in [0.2, 0.25) is 0 Å². The average Bonchev–Trinajstić information content (AvgIpc) is 2.75. The Balaban J connectivity index is 1.95. The van der Waals surface area contributed by atoms with Gasteiger partial charge in [0, 0.05) is 29.3 Å². The highest BCUT2D eigenvalue weighted by molar-refractivity contribution is 9.11. The van der Waals surface area contributed by atoms with E-state index in [0.29, 0.717) is 0 Å². The van der Waals surface area contributed by atoms with Crippen LogP contribution in [0.15, 0.2) is 15.9 Å². The lowest BCUT2D eigenvalue weighted by atomic mass is 9.94. The molecule has 2 rings (SSSR count). The van der Waals surface area contributed by atoms with Crippen LogP contribution in [0.1, 0.15) is 37.0 Å². The summed E-state index contributed by atoms with van der Waals surface area (Å²) in [5.41, 5.74) is 0. The van der Waals surface area contributed by atoms with Crippen LogP contribution < -0.4 is 0 Å². The highest BCUT2D eigenvalue weighted by atomic mass is 79.9. The van der Waals surface area contributed by atoms with E-state index in [2.05, 4.69) is 48.9 Å². The molecule has 0 aromatic carbocycles. The maximum absolute atomic E-state index is 3.59. The summed E-state index contributed by atoms with van der Waals surface area (Å²) in [7, 11) is 0. The monoisotopic (exact) mass is 379 g/mol. The molecule has 1 heterocycles. The molecule has 0 amide bonds. The van der Waals surface area contributed by atoms with Gasteiger partial charge in [-0.1, -0.05) is 35.2 Å². The van der Waals surface area contributed by atoms with Crippen molar-refractivity contribution < 1.29 is 0 Å². The van der Waals surface area contributed by atoms with Gasteiger partial charge in [0.05, 0.1) is 3.79 Å². The first kappa shape index (κ1) is 14.0. The summed E-state index contributed by atoms with van der Waals surface area (Å²) >= 11 is 9.00. The van der Waals surface area contributed by atoms with E-state index in [1.54, 1.807) is 0 Å². The summed E-state index contributed by atoms with van der Waals surface area (Å²) in [5.74, 6) is 0. The molecule has 1 saturated carbocycles. The van der Waals surface area contributed by atoms with Crippen molar-refractivity contribution in [1.82, 2.24) is 4.90 Å². The Morgan fingerprint density at radius 1 is 1.24 bits per heavy atom. The molecule has 0 radical (unpaired) electrons. The van der Waals surface area contributed by atoms with Gasteiger partial charge in [0.25, 0.3) is 0 Å². The first-order valence-corrected chi connectivity index (χ1v) is 9.07. The Bertz CT molecular complexity index is 334. The quantitative estimate of drug-likeness (QED) is 0.646. The van der Waals surface area contributed by atoms with Crippen molar-refractivity contribution in [1.29, 1.82) is 0 Å². The van der Waals surface area contributed by atoms with Crippen molar-refractivity contribution in [2.24, 2.45) is 0 Å². The Labute approximate surface area is 125 Å². The summed E-state index contributed by atoms with van der Waals surface area (Å²) in [5, 5.41) is 1.08. The van der Waals surface area contributed by atoms with Crippen LogP contribution in [0.3, 0.4) is 0 Å². The average molecular weight is 381 g/mol. The molecule has 4 heteroatoms. The highest BCUT2D eigenvalue weighted by Crippen LogP contribution is 2.27. The Kier molecular flexibility index (Phi) is 6.00. The first-order valence-electron chi connectivity index (χ1n) is 6.34. The van der Waals surface area contributed by atoms with Crippen LogP contribution >= 0.6 is 43.2 Å². The Morgan fingerprint density at radius 3 is 2.59 bits per heavy atom. The molecule has 0 N–H and O–H groups in total. The van der Waals surface area contributed by atoms with Gasteiger partial charge in [0.2, 0.25) is 0 Å². The van der Waals surface area contributed by atoms with Gasteiger partial charge in [-0.2, -0.15) is 0 Å². The number of thiophene rings is 1. The van der Waals surface area contributed by atoms with Crippen molar-refractivity contribution in [3.05, 3.63) is 20.8 Å². The standard InChI is InChI=1S/C13H19Br2NS/c14-8-9-16(11-4-2-1-3-5-11)10-12-6-7-13(15)17-12/h6-7,11H,1-5,8-10H2. The summed E-state index contributed by atoms with van der Waals surface area (Å²) in [6, 6.07) is 5.22. The molecule has 0 bridgehead atoms. The van der Waals surface area contributed by atoms with Crippen LogP contribution in [0, 0.1) is 0 Å². The fraction of sp³-hybridized carbons (Fsp3) is 0.692. The number of rotatable bonds is 5. The topological polar surface area (TPSA) is 3.24 Å². The second-order valence-electron chi connectivity index (χ2n) is 4.66. The summed E-state index contributed by atoms with van der Waals surface area (Å²) in [4.78, 5) is 4.13. The highest BCUT2D eigenvalue weighted by Gasteiger charge is 2.21. The molecule has 96 valence electrons. The normalized spacial score (nSPS) is 17.8. The molecule has 0 unspecified atom stereocenters. The predicted octanol–water partition coefficient (Wildman–Crippen LogP) is 5.04. The number of hydrogen-bond donors (Lipinski definition) is 0. The van der Waals surface area contributed by atoms with E-state index in [1.807, 2.05) is 11.3 Å². The van der Waals surface area contributed by atoms with Crippen LogP contribution in [0.25, 0.3) is 0 Å². The van der Waals surface area contributed by atoms with E-state index >= 15 is 0 Å². The molecule has 1 aromatic rings. The maximum Gasteiger partial charge on any atom is 0.0701 e. The minimum atomic E-state index is 0.808. The van der Waals surface area contributed by atoms with E-state index in [4.69, 9.17) is 0 Å². The molecule has 0 spiro atoms. The van der Waals surface area contributed by atoms with E-state index in [-0.39, 0.29) is 0 Å². The zero-order chi connectivity index (χ0) is 12.1. The molecule has 0 atom stereocenters. The minimum Gasteiger partial charge on any atom is -0.294 e. The van der Waals surface area contributed by atoms with E-state index in [9.17, 15) is 0 Å². The van der Waals surface area contributed by atoms with Gasteiger partial charge in [-0.05, 0) is 40.9 Å². The van der Waals surface area contributed by atoms with Gasteiger partial charge in [-0.25, -0.2) is 0 Å². The molecule has 1 aromatic heterocycles. The lowest BCUT2D eigenvalue weighted by Gasteiger charge is -2.33. The lowest BCUT2D eigenvalue weighted by Crippen LogP contribution is -2.37. The largest absolute Gasteiger partial charge is 0.294 e. The van der Waals surface area contributed by atoms with Crippen LogP contribution in [-0.4, -0.2) is 22.8 Å². The van der Waals surface area contributed by atoms with Crippen molar-refractivity contribution in [3.8, 4) is 0 Å². The van der Waals surface area contributed by atoms with Gasteiger partial charge in [-0.15, -0.1) is 11.3 Å². The lowest BCUT2D eigenvalue weighted by molar-refractivity contribution is 0.159. The fourth-order valence-corrected chi connectivity index (χ4v) is 4.55. The number of hydrogen-bond acceptors (Lipinski definition) is 2. The molecule has 0 saturated heterocycles. The van der Waals surface area contributed by atoms with Gasteiger partial charge >= 0.3 is 0 Å². The molecule has 1 fully saturated rings. The third kappa shape index (κ3) is 4.34. The molecular weight excluding hydrogens is 362 g/mol. The second kappa shape index (κ2) is 7.27. The third-order valence-electron chi connectivity index (χ3n) is 3.45. The van der Waals surface area contributed by atoms with Gasteiger partial charge in [0.1, 0.15) is 0 Å². The molecule has 0 aliphatic heterocycles. The third-order valence-corrected chi connectivity index (χ3v) is 5.41. The number of halogens is 2. The SMILES string of the molecule is BrCCN(Cc1ccc(Br)s1)C1CCCCC1. The summed E-state index contributed by atoms with van der Waals surface area (Å²) < 4.78 is 1.25. The predicted molar refractivity (Wildman–Crippen MR) is 83.1 cm³/mol. The van der Waals surface area contributed by atoms with Crippen LogP contribution in [-0.2, 0) is 6.54 Å². The van der Waals surface area contributed by atoms with Crippen LogP contribution in [0.4, 0.5) is 0 Å². The zero-order valence-corrected chi connectivity index (χ0v) is 14.0. The molecule has 1 aliphatic rings. The molecule has 17 heavy (non-hydrogen) atoms. The van der Waals surface area contributed by atoms with Gasteiger partial charge in [-0.3, -0.25) is 4.90 Å². The van der Waals surface area contributed by atoms with Crippen molar-refractivity contribution in [2.75, 3.05) is 11.9 Å². The van der Waals surface area contributed by atoms with Crippen molar-refractivity contribution in [2.45, 2.75) is 44.7 Å². The van der Waals surface area contributed by atoms with Crippen molar-refractivity contribution in [3.63, 3.8) is 0 Å². The Hall–Kier alpha value is 0.620. The smallest absolute Gasteiger partial charge is 0.0701 e. The van der Waals surface area contributed by atoms with Gasteiger partial charge < -0.3 is 0 Å². The second-order valence-corrected chi connectivity index (χ2v) is 8.00.